The molecule has 2 aromatic rings. The van der Waals surface area contributed by atoms with Crippen molar-refractivity contribution in [1.82, 2.24) is 9.78 Å². The molecule has 1 aromatic carbocycles. The highest BCUT2D eigenvalue weighted by Gasteiger charge is 2.24. The normalized spacial score (nSPS) is 18.1. The van der Waals surface area contributed by atoms with Crippen molar-refractivity contribution in [3.63, 3.8) is 0 Å². The minimum absolute atomic E-state index is 0. The Kier molecular flexibility index (Phi) is 4.62. The summed E-state index contributed by atoms with van der Waals surface area (Å²) >= 11 is 0. The van der Waals surface area contributed by atoms with Gasteiger partial charge in [-0.15, -0.1) is 12.4 Å². The first-order valence-corrected chi connectivity index (χ1v) is 6.50. The summed E-state index contributed by atoms with van der Waals surface area (Å²) in [6.45, 7) is 2.39. The Morgan fingerprint density at radius 2 is 2.05 bits per heavy atom. The van der Waals surface area contributed by atoms with Crippen LogP contribution in [0.3, 0.4) is 0 Å². The molecule has 0 bridgehead atoms. The predicted molar refractivity (Wildman–Crippen MR) is 79.6 cm³/mol. The lowest BCUT2D eigenvalue weighted by Crippen LogP contribution is -2.21. The van der Waals surface area contributed by atoms with Crippen LogP contribution in [0.5, 0.6) is 0 Å². The minimum atomic E-state index is -0.195. The highest BCUT2D eigenvalue weighted by molar-refractivity contribution is 5.85. The second kappa shape index (κ2) is 6.24. The molecule has 1 saturated heterocycles. The molecule has 0 spiro atoms. The first kappa shape index (κ1) is 14.8. The van der Waals surface area contributed by atoms with Gasteiger partial charge in [-0.1, -0.05) is 0 Å². The Hall–Kier alpha value is -1.59. The topological polar surface area (TPSA) is 47.1 Å². The second-order valence-corrected chi connectivity index (χ2v) is 4.90. The molecular weight excluding hydrogens is 279 g/mol. The maximum Gasteiger partial charge on any atom is 0.123 e. The van der Waals surface area contributed by atoms with E-state index in [0.717, 1.165) is 30.8 Å². The molecule has 0 radical (unpaired) electrons. The summed E-state index contributed by atoms with van der Waals surface area (Å²) in [6, 6.07) is 7.02. The van der Waals surface area contributed by atoms with Crippen molar-refractivity contribution in [1.29, 1.82) is 0 Å². The third kappa shape index (κ3) is 2.94. The van der Waals surface area contributed by atoms with Gasteiger partial charge < -0.3 is 10.6 Å². The molecule has 1 aliphatic rings. The molecule has 1 fully saturated rings. The molecular formula is C14H18ClFN4. The molecule has 6 heteroatoms. The Labute approximate surface area is 123 Å². The number of anilines is 1. The Morgan fingerprint density at radius 1 is 1.30 bits per heavy atom. The van der Waals surface area contributed by atoms with Crippen LogP contribution >= 0.6 is 12.4 Å². The van der Waals surface area contributed by atoms with Crippen LogP contribution in [0.4, 0.5) is 10.1 Å². The van der Waals surface area contributed by atoms with Crippen molar-refractivity contribution in [2.24, 2.45) is 5.73 Å². The SMILES string of the molecule is Cl.NCc1cnn([C@@H]2CCN(c3ccc(F)cc3)C2)c1. The van der Waals surface area contributed by atoms with Gasteiger partial charge >= 0.3 is 0 Å². The van der Waals surface area contributed by atoms with Crippen LogP contribution in [0, 0.1) is 5.82 Å². The molecule has 3 rings (SSSR count). The van der Waals surface area contributed by atoms with Crippen molar-refractivity contribution in [3.8, 4) is 0 Å². The van der Waals surface area contributed by atoms with E-state index in [1.54, 1.807) is 0 Å². The predicted octanol–water partition coefficient (Wildman–Crippen LogP) is 2.35. The summed E-state index contributed by atoms with van der Waals surface area (Å²) in [4.78, 5) is 2.26. The van der Waals surface area contributed by atoms with E-state index in [2.05, 4.69) is 10.00 Å². The average Bonchev–Trinajstić information content (AvgIpc) is 3.08. The van der Waals surface area contributed by atoms with Gasteiger partial charge in [0.15, 0.2) is 0 Å². The van der Waals surface area contributed by atoms with Crippen molar-refractivity contribution in [2.45, 2.75) is 19.0 Å². The fourth-order valence-electron chi connectivity index (χ4n) is 2.53. The van der Waals surface area contributed by atoms with Gasteiger partial charge in [0.1, 0.15) is 5.82 Å². The van der Waals surface area contributed by atoms with E-state index in [4.69, 9.17) is 5.73 Å². The van der Waals surface area contributed by atoms with Crippen LogP contribution in [0.25, 0.3) is 0 Å². The van der Waals surface area contributed by atoms with E-state index in [1.165, 1.54) is 12.1 Å². The largest absolute Gasteiger partial charge is 0.369 e. The number of nitrogens with zero attached hydrogens (tertiary/aromatic N) is 3. The minimum Gasteiger partial charge on any atom is -0.369 e. The monoisotopic (exact) mass is 296 g/mol. The van der Waals surface area contributed by atoms with Gasteiger partial charge in [-0.05, 0) is 30.7 Å². The van der Waals surface area contributed by atoms with Gasteiger partial charge in [0, 0.05) is 37.1 Å². The third-order valence-corrected chi connectivity index (χ3v) is 3.62. The zero-order valence-corrected chi connectivity index (χ0v) is 11.9. The molecule has 4 nitrogen and oxygen atoms in total. The van der Waals surface area contributed by atoms with Gasteiger partial charge in [0.25, 0.3) is 0 Å². The van der Waals surface area contributed by atoms with Crippen LogP contribution in [0.2, 0.25) is 0 Å². The summed E-state index contributed by atoms with van der Waals surface area (Å²) in [5.41, 5.74) is 7.72. The van der Waals surface area contributed by atoms with Crippen molar-refractivity contribution in [3.05, 3.63) is 48.0 Å². The Bertz CT molecular complexity index is 555. The zero-order valence-electron chi connectivity index (χ0n) is 11.1. The summed E-state index contributed by atoms with van der Waals surface area (Å²) in [6.07, 6.45) is 4.88. The van der Waals surface area contributed by atoms with E-state index in [1.807, 2.05) is 29.2 Å². The maximum absolute atomic E-state index is 12.9. The summed E-state index contributed by atoms with van der Waals surface area (Å²) in [5.74, 6) is -0.195. The van der Waals surface area contributed by atoms with Crippen molar-refractivity contribution in [2.75, 3.05) is 18.0 Å². The quantitative estimate of drug-likeness (QED) is 0.946. The van der Waals surface area contributed by atoms with Crippen LogP contribution in [-0.2, 0) is 6.54 Å². The number of hydrogen-bond acceptors (Lipinski definition) is 3. The lowest BCUT2D eigenvalue weighted by molar-refractivity contribution is 0.494. The fraction of sp³-hybridized carbons (Fsp3) is 0.357. The van der Waals surface area contributed by atoms with Gasteiger partial charge in [0.05, 0.1) is 12.2 Å². The molecule has 0 amide bonds. The Morgan fingerprint density at radius 3 is 2.70 bits per heavy atom. The number of benzene rings is 1. The number of nitrogens with two attached hydrogens (primary N) is 1. The van der Waals surface area contributed by atoms with E-state index in [-0.39, 0.29) is 18.2 Å². The average molecular weight is 297 g/mol. The maximum atomic E-state index is 12.9. The second-order valence-electron chi connectivity index (χ2n) is 4.90. The Balaban J connectivity index is 0.00000147. The first-order chi connectivity index (χ1) is 9.26. The molecule has 20 heavy (non-hydrogen) atoms. The van der Waals surface area contributed by atoms with Gasteiger partial charge in [0.2, 0.25) is 0 Å². The summed E-state index contributed by atoms with van der Waals surface area (Å²) in [7, 11) is 0. The van der Waals surface area contributed by atoms with Gasteiger partial charge in [-0.3, -0.25) is 4.68 Å². The standard InChI is InChI=1S/C14H17FN4.ClH/c15-12-1-3-13(4-2-12)18-6-5-14(10-18)19-9-11(7-16)8-17-19;/h1-4,8-9,14H,5-7,10,16H2;1H/t14-;/m1./s1. The molecule has 108 valence electrons. The van der Waals surface area contributed by atoms with E-state index in [0.29, 0.717) is 12.6 Å². The van der Waals surface area contributed by atoms with Gasteiger partial charge in [-0.25, -0.2) is 4.39 Å². The highest BCUT2D eigenvalue weighted by Crippen LogP contribution is 2.26. The molecule has 0 saturated carbocycles. The lowest BCUT2D eigenvalue weighted by Gasteiger charge is -2.18. The lowest BCUT2D eigenvalue weighted by atomic mass is 10.2. The number of halogens is 2. The van der Waals surface area contributed by atoms with Crippen molar-refractivity contribution >= 4 is 18.1 Å². The van der Waals surface area contributed by atoms with Crippen LogP contribution in [-0.4, -0.2) is 22.9 Å². The zero-order chi connectivity index (χ0) is 13.2. The number of aromatic nitrogens is 2. The molecule has 1 aromatic heterocycles. The molecule has 0 aliphatic carbocycles. The highest BCUT2D eigenvalue weighted by atomic mass is 35.5. The fourth-order valence-corrected chi connectivity index (χ4v) is 2.53. The molecule has 1 aliphatic heterocycles. The first-order valence-electron chi connectivity index (χ1n) is 6.50. The van der Waals surface area contributed by atoms with Crippen LogP contribution in [0.1, 0.15) is 18.0 Å². The molecule has 2 N–H and O–H groups in total. The van der Waals surface area contributed by atoms with Crippen LogP contribution < -0.4 is 10.6 Å². The third-order valence-electron chi connectivity index (χ3n) is 3.62. The van der Waals surface area contributed by atoms with E-state index >= 15 is 0 Å². The number of hydrogen-bond donors (Lipinski definition) is 1. The van der Waals surface area contributed by atoms with E-state index in [9.17, 15) is 4.39 Å². The van der Waals surface area contributed by atoms with Crippen LogP contribution in [0.15, 0.2) is 36.7 Å². The molecule has 2 heterocycles. The van der Waals surface area contributed by atoms with Crippen molar-refractivity contribution < 1.29 is 4.39 Å². The number of rotatable bonds is 3. The molecule has 1 atom stereocenters. The molecule has 0 unspecified atom stereocenters. The smallest absolute Gasteiger partial charge is 0.123 e. The summed E-state index contributed by atoms with van der Waals surface area (Å²) < 4.78 is 14.9. The van der Waals surface area contributed by atoms with Gasteiger partial charge in [-0.2, -0.15) is 5.10 Å². The summed E-state index contributed by atoms with van der Waals surface area (Å²) in [5, 5.41) is 4.36. The van der Waals surface area contributed by atoms with E-state index < -0.39 is 0 Å².